The summed E-state index contributed by atoms with van der Waals surface area (Å²) in [5.74, 6) is 0.0237. The van der Waals surface area contributed by atoms with Crippen molar-refractivity contribution in [1.82, 2.24) is 20.4 Å². The van der Waals surface area contributed by atoms with Gasteiger partial charge >= 0.3 is 6.03 Å². The van der Waals surface area contributed by atoms with Gasteiger partial charge in [0.05, 0.1) is 6.54 Å². The first-order valence-electron chi connectivity index (χ1n) is 9.57. The highest BCUT2D eigenvalue weighted by Gasteiger charge is 2.23. The summed E-state index contributed by atoms with van der Waals surface area (Å²) in [4.78, 5) is 39.9. The van der Waals surface area contributed by atoms with Crippen molar-refractivity contribution in [3.63, 3.8) is 0 Å². The van der Waals surface area contributed by atoms with Crippen LogP contribution in [0.25, 0.3) is 0 Å². The monoisotopic (exact) mass is 374 g/mol. The van der Waals surface area contributed by atoms with E-state index in [0.717, 1.165) is 6.42 Å². The topological polar surface area (TPSA) is 81.8 Å². The van der Waals surface area contributed by atoms with Crippen LogP contribution in [0, 0.1) is 5.92 Å². The van der Waals surface area contributed by atoms with Crippen molar-refractivity contribution in [2.75, 3.05) is 39.3 Å². The van der Waals surface area contributed by atoms with Gasteiger partial charge in [-0.1, -0.05) is 32.9 Å². The third-order valence-electron chi connectivity index (χ3n) is 4.56. The largest absolute Gasteiger partial charge is 0.338 e. The van der Waals surface area contributed by atoms with Gasteiger partial charge in [-0.2, -0.15) is 0 Å². The molecule has 0 spiro atoms. The number of nitrogens with zero attached hydrogens (tertiary/aromatic N) is 2. The minimum atomic E-state index is -0.460. The molecule has 1 heterocycles. The Morgan fingerprint density at radius 2 is 1.67 bits per heavy atom. The van der Waals surface area contributed by atoms with Crippen LogP contribution >= 0.6 is 0 Å². The van der Waals surface area contributed by atoms with Gasteiger partial charge in [0, 0.05) is 38.3 Å². The molecular weight excluding hydrogens is 344 g/mol. The Bertz CT molecular complexity index is 650. The molecule has 27 heavy (non-hydrogen) atoms. The zero-order chi connectivity index (χ0) is 19.8. The summed E-state index contributed by atoms with van der Waals surface area (Å²) in [5, 5.41) is 5.00. The number of carbonyl (C=O) groups excluding carboxylic acids is 3. The molecule has 1 aliphatic heterocycles. The van der Waals surface area contributed by atoms with Crippen LogP contribution in [0.5, 0.6) is 0 Å². The van der Waals surface area contributed by atoms with Gasteiger partial charge in [0.2, 0.25) is 5.91 Å². The summed E-state index contributed by atoms with van der Waals surface area (Å²) < 4.78 is 0. The number of benzene rings is 1. The molecule has 2 rings (SSSR count). The maximum atomic E-state index is 12.6. The van der Waals surface area contributed by atoms with Crippen molar-refractivity contribution < 1.29 is 14.4 Å². The molecule has 148 valence electrons. The van der Waals surface area contributed by atoms with E-state index in [1.54, 1.807) is 0 Å². The lowest BCUT2D eigenvalue weighted by Gasteiger charge is -2.34. The molecule has 1 fully saturated rings. The number of hydrogen-bond donors (Lipinski definition) is 2. The van der Waals surface area contributed by atoms with E-state index in [4.69, 9.17) is 0 Å². The molecule has 1 aromatic carbocycles. The number of hydrogen-bond acceptors (Lipinski definition) is 4. The standard InChI is InChI=1S/C20H30N4O3/c1-4-16-5-7-17(8-6-16)19(26)24-11-9-23(10-12-24)14-18(25)22-20(27)21-13-15(2)3/h5-8,15H,4,9-14H2,1-3H3,(H2,21,22,25,27). The molecule has 1 aromatic rings. The highest BCUT2D eigenvalue weighted by Crippen LogP contribution is 2.11. The Labute approximate surface area is 161 Å². The molecule has 0 radical (unpaired) electrons. The average molecular weight is 374 g/mol. The molecule has 1 saturated heterocycles. The molecule has 0 atom stereocenters. The van der Waals surface area contributed by atoms with Gasteiger partial charge in [0.1, 0.15) is 0 Å². The fourth-order valence-electron chi connectivity index (χ4n) is 2.88. The average Bonchev–Trinajstić information content (AvgIpc) is 2.66. The molecule has 0 aliphatic carbocycles. The first-order valence-corrected chi connectivity index (χ1v) is 9.57. The van der Waals surface area contributed by atoms with Gasteiger partial charge in [-0.15, -0.1) is 0 Å². The van der Waals surface area contributed by atoms with Crippen molar-refractivity contribution in [2.45, 2.75) is 27.2 Å². The molecule has 2 N–H and O–H groups in total. The molecule has 7 heteroatoms. The molecule has 7 nitrogen and oxygen atoms in total. The fourth-order valence-corrected chi connectivity index (χ4v) is 2.88. The summed E-state index contributed by atoms with van der Waals surface area (Å²) >= 11 is 0. The highest BCUT2D eigenvalue weighted by atomic mass is 16.2. The number of urea groups is 1. The number of imide groups is 1. The van der Waals surface area contributed by atoms with Gasteiger partial charge in [-0.3, -0.25) is 19.8 Å². The highest BCUT2D eigenvalue weighted by molar-refractivity contribution is 5.95. The van der Waals surface area contributed by atoms with E-state index in [2.05, 4.69) is 17.6 Å². The van der Waals surface area contributed by atoms with Crippen LogP contribution in [0.3, 0.4) is 0 Å². The van der Waals surface area contributed by atoms with Crippen molar-refractivity contribution in [3.8, 4) is 0 Å². The lowest BCUT2D eigenvalue weighted by atomic mass is 10.1. The van der Waals surface area contributed by atoms with Crippen LogP contribution in [0.1, 0.15) is 36.7 Å². The van der Waals surface area contributed by atoms with Crippen LogP contribution in [0.4, 0.5) is 4.79 Å². The summed E-state index contributed by atoms with van der Waals surface area (Å²) in [7, 11) is 0. The molecule has 4 amide bonds. The van der Waals surface area contributed by atoms with E-state index in [1.807, 2.05) is 47.9 Å². The number of carbonyl (C=O) groups is 3. The van der Waals surface area contributed by atoms with Crippen molar-refractivity contribution in [1.29, 1.82) is 0 Å². The Balaban J connectivity index is 1.75. The molecule has 1 aliphatic rings. The van der Waals surface area contributed by atoms with E-state index < -0.39 is 6.03 Å². The van der Waals surface area contributed by atoms with Gasteiger partial charge in [0.15, 0.2) is 0 Å². The van der Waals surface area contributed by atoms with Gasteiger partial charge in [-0.05, 0) is 30.0 Å². The summed E-state index contributed by atoms with van der Waals surface area (Å²) in [6.45, 7) is 9.10. The molecule has 0 bridgehead atoms. The number of amides is 4. The normalized spacial score (nSPS) is 14.9. The van der Waals surface area contributed by atoms with E-state index in [0.29, 0.717) is 44.2 Å². The Kier molecular flexibility index (Phi) is 7.79. The zero-order valence-electron chi connectivity index (χ0n) is 16.5. The lowest BCUT2D eigenvalue weighted by molar-refractivity contribution is -0.121. The maximum Gasteiger partial charge on any atom is 0.321 e. The summed E-state index contributed by atoms with van der Waals surface area (Å²) in [6.07, 6.45) is 0.949. The Morgan fingerprint density at radius 1 is 1.04 bits per heavy atom. The molecule has 0 aromatic heterocycles. The maximum absolute atomic E-state index is 12.6. The molecule has 0 unspecified atom stereocenters. The van der Waals surface area contributed by atoms with Crippen LogP contribution in [-0.2, 0) is 11.2 Å². The first kappa shape index (κ1) is 20.9. The van der Waals surface area contributed by atoms with Gasteiger partial charge < -0.3 is 10.2 Å². The van der Waals surface area contributed by atoms with Crippen LogP contribution in [0.15, 0.2) is 24.3 Å². The van der Waals surface area contributed by atoms with Crippen LogP contribution in [0.2, 0.25) is 0 Å². The Hall–Kier alpha value is -2.41. The second-order valence-electron chi connectivity index (χ2n) is 7.27. The van der Waals surface area contributed by atoms with E-state index in [9.17, 15) is 14.4 Å². The van der Waals surface area contributed by atoms with Crippen LogP contribution in [-0.4, -0.2) is 66.9 Å². The van der Waals surface area contributed by atoms with Crippen molar-refractivity contribution >= 4 is 17.8 Å². The second kappa shape index (κ2) is 10.1. The van der Waals surface area contributed by atoms with Crippen molar-refractivity contribution in [2.24, 2.45) is 5.92 Å². The fraction of sp³-hybridized carbons (Fsp3) is 0.550. The summed E-state index contributed by atoms with van der Waals surface area (Å²) in [6, 6.07) is 7.25. The number of rotatable bonds is 6. The second-order valence-corrected chi connectivity index (χ2v) is 7.27. The van der Waals surface area contributed by atoms with Crippen molar-refractivity contribution in [3.05, 3.63) is 35.4 Å². The SMILES string of the molecule is CCc1ccc(C(=O)N2CCN(CC(=O)NC(=O)NCC(C)C)CC2)cc1. The van der Waals surface area contributed by atoms with Crippen LogP contribution < -0.4 is 10.6 Å². The Morgan fingerprint density at radius 3 is 2.22 bits per heavy atom. The third kappa shape index (κ3) is 6.67. The molecule has 0 saturated carbocycles. The van der Waals surface area contributed by atoms with Gasteiger partial charge in [-0.25, -0.2) is 4.79 Å². The van der Waals surface area contributed by atoms with Gasteiger partial charge in [0.25, 0.3) is 5.91 Å². The quantitative estimate of drug-likeness (QED) is 0.790. The minimum Gasteiger partial charge on any atom is -0.338 e. The van der Waals surface area contributed by atoms with E-state index in [1.165, 1.54) is 5.56 Å². The molecular formula is C20H30N4O3. The predicted molar refractivity (Wildman–Crippen MR) is 105 cm³/mol. The lowest BCUT2D eigenvalue weighted by Crippen LogP contribution is -2.52. The van der Waals surface area contributed by atoms with E-state index >= 15 is 0 Å². The smallest absolute Gasteiger partial charge is 0.321 e. The number of nitrogens with one attached hydrogen (secondary N) is 2. The minimum absolute atomic E-state index is 0.0230. The first-order chi connectivity index (χ1) is 12.9. The summed E-state index contributed by atoms with van der Waals surface area (Å²) in [5.41, 5.74) is 1.90. The zero-order valence-corrected chi connectivity index (χ0v) is 16.5. The number of aryl methyl sites for hydroxylation is 1. The number of piperazine rings is 1. The van der Waals surface area contributed by atoms with E-state index in [-0.39, 0.29) is 18.4 Å². The predicted octanol–water partition coefficient (Wildman–Crippen LogP) is 1.49. The third-order valence-corrected chi connectivity index (χ3v) is 4.56.